The number of rotatable bonds is 6. The Bertz CT molecular complexity index is 290. The molecule has 1 unspecified atom stereocenters. The van der Waals surface area contributed by atoms with Crippen LogP contribution in [0.5, 0.6) is 0 Å². The predicted molar refractivity (Wildman–Crippen MR) is 75.4 cm³/mol. The quantitative estimate of drug-likeness (QED) is 0.757. The summed E-state index contributed by atoms with van der Waals surface area (Å²) in [4.78, 5) is 18.0. The van der Waals surface area contributed by atoms with E-state index in [0.717, 1.165) is 26.1 Å². The number of hydrogen-bond acceptors (Lipinski definition) is 4. The van der Waals surface area contributed by atoms with Crippen LogP contribution >= 0.6 is 0 Å². The highest BCUT2D eigenvalue weighted by Crippen LogP contribution is 2.20. The summed E-state index contributed by atoms with van der Waals surface area (Å²) in [7, 11) is 2.19. The first-order valence-corrected chi connectivity index (χ1v) is 7.48. The number of likely N-dealkylation sites (N-methyl/N-ethyl adjacent to an activating group) is 1. The van der Waals surface area contributed by atoms with Gasteiger partial charge in [0.25, 0.3) is 0 Å². The van der Waals surface area contributed by atoms with E-state index in [-0.39, 0.29) is 0 Å². The van der Waals surface area contributed by atoms with Crippen LogP contribution in [-0.4, -0.2) is 85.2 Å². The first-order chi connectivity index (χ1) is 9.13. The van der Waals surface area contributed by atoms with Gasteiger partial charge in [-0.15, -0.1) is 0 Å². The standard InChI is InChI=1S/C14H27N3O2/c1-15-6-8-16(9-7-15)10-11-17-5-4-13(12-17)2-3-14(18)19/h13H,2-12H2,1H3,(H,18,19). The molecule has 0 bridgehead atoms. The van der Waals surface area contributed by atoms with Crippen molar-refractivity contribution in [3.05, 3.63) is 0 Å². The monoisotopic (exact) mass is 269 g/mol. The number of carboxylic acid groups (broad SMARTS) is 1. The van der Waals surface area contributed by atoms with E-state index in [1.165, 1.54) is 39.1 Å². The Labute approximate surface area is 116 Å². The maximum atomic E-state index is 10.6. The lowest BCUT2D eigenvalue weighted by Crippen LogP contribution is -2.46. The maximum absolute atomic E-state index is 10.6. The van der Waals surface area contributed by atoms with Gasteiger partial charge in [-0.2, -0.15) is 0 Å². The fraction of sp³-hybridized carbons (Fsp3) is 0.929. The van der Waals surface area contributed by atoms with Crippen LogP contribution in [-0.2, 0) is 4.79 Å². The molecule has 5 heteroatoms. The van der Waals surface area contributed by atoms with Gasteiger partial charge in [0.2, 0.25) is 0 Å². The largest absolute Gasteiger partial charge is 0.481 e. The molecule has 2 heterocycles. The molecule has 2 rings (SSSR count). The lowest BCUT2D eigenvalue weighted by Gasteiger charge is -2.33. The predicted octanol–water partition coefficient (Wildman–Crippen LogP) is 0.421. The number of aliphatic carboxylic acids is 1. The molecule has 110 valence electrons. The molecule has 5 nitrogen and oxygen atoms in total. The van der Waals surface area contributed by atoms with E-state index in [4.69, 9.17) is 5.11 Å². The van der Waals surface area contributed by atoms with Crippen molar-refractivity contribution in [2.24, 2.45) is 5.92 Å². The van der Waals surface area contributed by atoms with E-state index in [1.54, 1.807) is 0 Å². The molecule has 2 aliphatic rings. The van der Waals surface area contributed by atoms with Crippen molar-refractivity contribution in [3.63, 3.8) is 0 Å². The highest BCUT2D eigenvalue weighted by Gasteiger charge is 2.23. The second-order valence-corrected chi connectivity index (χ2v) is 6.03. The zero-order valence-corrected chi connectivity index (χ0v) is 12.1. The fourth-order valence-electron chi connectivity index (χ4n) is 3.03. The maximum Gasteiger partial charge on any atom is 0.303 e. The van der Waals surface area contributed by atoms with Crippen LogP contribution in [0.4, 0.5) is 0 Å². The molecule has 0 amide bonds. The molecular weight excluding hydrogens is 242 g/mol. The van der Waals surface area contributed by atoms with E-state index < -0.39 is 5.97 Å². The van der Waals surface area contributed by atoms with Crippen molar-refractivity contribution in [2.75, 3.05) is 59.4 Å². The van der Waals surface area contributed by atoms with Gasteiger partial charge in [-0.3, -0.25) is 9.69 Å². The third kappa shape index (κ3) is 5.09. The van der Waals surface area contributed by atoms with Crippen LogP contribution in [0.15, 0.2) is 0 Å². The van der Waals surface area contributed by atoms with Gasteiger partial charge in [-0.05, 0) is 32.4 Å². The molecule has 0 aromatic rings. The van der Waals surface area contributed by atoms with E-state index in [9.17, 15) is 4.79 Å². The molecule has 1 atom stereocenters. The summed E-state index contributed by atoms with van der Waals surface area (Å²) in [6.07, 6.45) is 2.35. The van der Waals surface area contributed by atoms with Crippen molar-refractivity contribution >= 4 is 5.97 Å². The SMILES string of the molecule is CN1CCN(CCN2CCC(CCC(=O)O)C2)CC1. The fourth-order valence-corrected chi connectivity index (χ4v) is 3.03. The summed E-state index contributed by atoms with van der Waals surface area (Å²) in [5.41, 5.74) is 0. The third-order valence-corrected chi connectivity index (χ3v) is 4.46. The van der Waals surface area contributed by atoms with Gasteiger partial charge in [0.15, 0.2) is 0 Å². The molecule has 0 spiro atoms. The first kappa shape index (κ1) is 14.8. The molecule has 1 N–H and O–H groups in total. The Balaban J connectivity index is 1.58. The van der Waals surface area contributed by atoms with Crippen molar-refractivity contribution in [3.8, 4) is 0 Å². The van der Waals surface area contributed by atoms with Crippen molar-refractivity contribution < 1.29 is 9.90 Å². The van der Waals surface area contributed by atoms with E-state index in [2.05, 4.69) is 21.7 Å². The summed E-state index contributed by atoms with van der Waals surface area (Å²) in [6, 6.07) is 0. The third-order valence-electron chi connectivity index (χ3n) is 4.46. The van der Waals surface area contributed by atoms with Crippen LogP contribution in [0.1, 0.15) is 19.3 Å². The van der Waals surface area contributed by atoms with Crippen LogP contribution in [0, 0.1) is 5.92 Å². The summed E-state index contributed by atoms with van der Waals surface area (Å²) >= 11 is 0. The van der Waals surface area contributed by atoms with Crippen molar-refractivity contribution in [2.45, 2.75) is 19.3 Å². The second kappa shape index (κ2) is 7.22. The Kier molecular flexibility index (Phi) is 5.60. The van der Waals surface area contributed by atoms with E-state index >= 15 is 0 Å². The summed E-state index contributed by atoms with van der Waals surface area (Å²) in [5, 5.41) is 8.71. The minimum atomic E-state index is -0.657. The summed E-state index contributed by atoms with van der Waals surface area (Å²) in [5.74, 6) is -0.0560. The molecule has 0 aromatic carbocycles. The van der Waals surface area contributed by atoms with Crippen LogP contribution in [0.25, 0.3) is 0 Å². The van der Waals surface area contributed by atoms with Crippen LogP contribution in [0.3, 0.4) is 0 Å². The molecule has 2 saturated heterocycles. The van der Waals surface area contributed by atoms with Crippen LogP contribution < -0.4 is 0 Å². The molecule has 2 aliphatic heterocycles. The van der Waals surface area contributed by atoms with Gasteiger partial charge in [0.1, 0.15) is 0 Å². The highest BCUT2D eigenvalue weighted by molar-refractivity contribution is 5.66. The van der Waals surface area contributed by atoms with Gasteiger partial charge >= 0.3 is 5.97 Å². The number of hydrogen-bond donors (Lipinski definition) is 1. The molecule has 2 fully saturated rings. The number of carboxylic acids is 1. The molecule has 0 aromatic heterocycles. The number of carbonyl (C=O) groups is 1. The van der Waals surface area contributed by atoms with Crippen LogP contribution in [0.2, 0.25) is 0 Å². The Hall–Kier alpha value is -0.650. The average Bonchev–Trinajstić information content (AvgIpc) is 2.84. The molecule has 0 radical (unpaired) electrons. The number of nitrogens with zero attached hydrogens (tertiary/aromatic N) is 3. The number of likely N-dealkylation sites (tertiary alicyclic amines) is 1. The van der Waals surface area contributed by atoms with Gasteiger partial charge < -0.3 is 14.9 Å². The first-order valence-electron chi connectivity index (χ1n) is 7.48. The molecule has 19 heavy (non-hydrogen) atoms. The summed E-state index contributed by atoms with van der Waals surface area (Å²) in [6.45, 7) is 9.30. The zero-order valence-electron chi connectivity index (χ0n) is 12.1. The van der Waals surface area contributed by atoms with Gasteiger partial charge in [-0.1, -0.05) is 0 Å². The lowest BCUT2D eigenvalue weighted by atomic mass is 10.0. The van der Waals surface area contributed by atoms with Gasteiger partial charge in [0, 0.05) is 52.2 Å². The minimum Gasteiger partial charge on any atom is -0.481 e. The Morgan fingerprint density at radius 1 is 1.11 bits per heavy atom. The topological polar surface area (TPSA) is 47.0 Å². The Morgan fingerprint density at radius 2 is 1.79 bits per heavy atom. The van der Waals surface area contributed by atoms with E-state index in [0.29, 0.717) is 12.3 Å². The summed E-state index contributed by atoms with van der Waals surface area (Å²) < 4.78 is 0. The van der Waals surface area contributed by atoms with E-state index in [1.807, 2.05) is 0 Å². The Morgan fingerprint density at radius 3 is 2.47 bits per heavy atom. The number of piperazine rings is 1. The van der Waals surface area contributed by atoms with Crippen molar-refractivity contribution in [1.82, 2.24) is 14.7 Å². The smallest absolute Gasteiger partial charge is 0.303 e. The molecule has 0 aliphatic carbocycles. The van der Waals surface area contributed by atoms with Gasteiger partial charge in [-0.25, -0.2) is 0 Å². The highest BCUT2D eigenvalue weighted by atomic mass is 16.4. The normalized spacial score (nSPS) is 26.9. The van der Waals surface area contributed by atoms with Gasteiger partial charge in [0.05, 0.1) is 0 Å². The zero-order chi connectivity index (χ0) is 13.7. The molecular formula is C14H27N3O2. The average molecular weight is 269 g/mol. The second-order valence-electron chi connectivity index (χ2n) is 6.03. The minimum absolute atomic E-state index is 0.330. The van der Waals surface area contributed by atoms with Crippen molar-refractivity contribution in [1.29, 1.82) is 0 Å². The lowest BCUT2D eigenvalue weighted by molar-refractivity contribution is -0.137. The molecule has 0 saturated carbocycles.